The van der Waals surface area contributed by atoms with Gasteiger partial charge in [0.05, 0.1) is 5.56 Å². The Morgan fingerprint density at radius 1 is 1.60 bits per heavy atom. The summed E-state index contributed by atoms with van der Waals surface area (Å²) in [7, 11) is 0. The fourth-order valence-corrected chi connectivity index (χ4v) is 2.29. The van der Waals surface area contributed by atoms with Crippen LogP contribution in [0.15, 0.2) is 12.3 Å². The number of fused-ring (bicyclic) bond motifs is 1. The Bertz CT molecular complexity index is 392. The van der Waals surface area contributed by atoms with Crippen LogP contribution in [0.3, 0.4) is 0 Å². The first-order valence-corrected chi connectivity index (χ1v) is 6.15. The average Bonchev–Trinajstić information content (AvgIpc) is 2.22. The molecule has 0 radical (unpaired) electrons. The van der Waals surface area contributed by atoms with Crippen LogP contribution in [0, 0.1) is 6.92 Å². The molecule has 2 heterocycles. The van der Waals surface area contributed by atoms with Crippen LogP contribution >= 0.6 is 15.9 Å². The van der Waals surface area contributed by atoms with Gasteiger partial charge in [-0.3, -0.25) is 9.78 Å². The number of hydrogen-bond donors (Lipinski definition) is 0. The lowest BCUT2D eigenvalue weighted by Gasteiger charge is -2.27. The van der Waals surface area contributed by atoms with Crippen LogP contribution in [-0.2, 0) is 6.42 Å². The number of nitrogens with zero attached hydrogens (tertiary/aromatic N) is 2. The van der Waals surface area contributed by atoms with Crippen LogP contribution in [-0.4, -0.2) is 34.2 Å². The van der Waals surface area contributed by atoms with Crippen LogP contribution in [0.1, 0.15) is 21.6 Å². The average molecular weight is 269 g/mol. The molecule has 1 aliphatic heterocycles. The molecule has 2 rings (SSSR count). The molecule has 0 unspecified atom stereocenters. The number of aryl methyl sites for hydroxylation is 1. The number of rotatable bonds is 2. The van der Waals surface area contributed by atoms with Crippen molar-refractivity contribution < 1.29 is 4.79 Å². The molecule has 1 amide bonds. The normalized spacial score (nSPS) is 15.3. The zero-order chi connectivity index (χ0) is 10.8. The molecule has 0 aromatic carbocycles. The highest BCUT2D eigenvalue weighted by Crippen LogP contribution is 2.18. The van der Waals surface area contributed by atoms with Crippen LogP contribution in [0.4, 0.5) is 0 Å². The van der Waals surface area contributed by atoms with E-state index in [9.17, 15) is 4.79 Å². The van der Waals surface area contributed by atoms with Gasteiger partial charge in [0.15, 0.2) is 0 Å². The molecule has 3 nitrogen and oxygen atoms in total. The van der Waals surface area contributed by atoms with Gasteiger partial charge < -0.3 is 4.90 Å². The maximum absolute atomic E-state index is 12.0. The second-order valence-electron chi connectivity index (χ2n) is 3.71. The van der Waals surface area contributed by atoms with Gasteiger partial charge >= 0.3 is 0 Å². The van der Waals surface area contributed by atoms with E-state index in [1.807, 2.05) is 17.9 Å². The van der Waals surface area contributed by atoms with Crippen molar-refractivity contribution in [2.75, 3.05) is 18.4 Å². The highest BCUT2D eigenvalue weighted by molar-refractivity contribution is 9.09. The molecule has 4 heteroatoms. The molecule has 0 N–H and O–H groups in total. The summed E-state index contributed by atoms with van der Waals surface area (Å²) < 4.78 is 0. The molecule has 0 atom stereocenters. The summed E-state index contributed by atoms with van der Waals surface area (Å²) in [5, 5.41) is 0.827. The van der Waals surface area contributed by atoms with E-state index in [2.05, 4.69) is 20.9 Å². The van der Waals surface area contributed by atoms with E-state index in [1.54, 1.807) is 6.20 Å². The quantitative estimate of drug-likeness (QED) is 0.767. The molecule has 0 saturated heterocycles. The first kappa shape index (κ1) is 10.6. The van der Waals surface area contributed by atoms with Crippen molar-refractivity contribution in [2.24, 2.45) is 0 Å². The highest BCUT2D eigenvalue weighted by atomic mass is 79.9. The van der Waals surface area contributed by atoms with Crippen molar-refractivity contribution in [3.63, 3.8) is 0 Å². The van der Waals surface area contributed by atoms with Crippen LogP contribution < -0.4 is 0 Å². The van der Waals surface area contributed by atoms with Crippen molar-refractivity contribution in [3.05, 3.63) is 29.1 Å². The number of aromatic nitrogens is 1. The summed E-state index contributed by atoms with van der Waals surface area (Å²) >= 11 is 3.35. The minimum Gasteiger partial charge on any atom is -0.337 e. The second-order valence-corrected chi connectivity index (χ2v) is 4.51. The molecule has 0 aliphatic carbocycles. The standard InChI is InChI=1S/C11H13BrN2O/c1-8-6-9-2-4-14(5-3-12)11(15)10(9)7-13-8/h6-7H,2-5H2,1H3. The van der Waals surface area contributed by atoms with Crippen molar-refractivity contribution >= 4 is 21.8 Å². The maximum Gasteiger partial charge on any atom is 0.255 e. The summed E-state index contributed by atoms with van der Waals surface area (Å²) in [4.78, 5) is 18.0. The lowest BCUT2D eigenvalue weighted by Crippen LogP contribution is -2.38. The third kappa shape index (κ3) is 2.04. The first-order valence-electron chi connectivity index (χ1n) is 5.03. The van der Waals surface area contributed by atoms with Gasteiger partial charge in [-0.1, -0.05) is 15.9 Å². The molecule has 80 valence electrons. The monoisotopic (exact) mass is 268 g/mol. The number of halogens is 1. The molecule has 0 spiro atoms. The van der Waals surface area contributed by atoms with Crippen LogP contribution in [0.5, 0.6) is 0 Å². The van der Waals surface area contributed by atoms with Gasteiger partial charge in [-0.15, -0.1) is 0 Å². The van der Waals surface area contributed by atoms with Crippen LogP contribution in [0.25, 0.3) is 0 Å². The number of carbonyl (C=O) groups excluding carboxylic acids is 1. The summed E-state index contributed by atoms with van der Waals surface area (Å²) in [6.45, 7) is 3.54. The topological polar surface area (TPSA) is 33.2 Å². The second kappa shape index (κ2) is 4.31. The Morgan fingerprint density at radius 3 is 3.13 bits per heavy atom. The minimum atomic E-state index is 0.114. The summed E-state index contributed by atoms with van der Waals surface area (Å²) in [6.07, 6.45) is 2.64. The Labute approximate surface area is 97.6 Å². The Balaban J connectivity index is 2.30. The predicted molar refractivity (Wildman–Crippen MR) is 62.4 cm³/mol. The molecule has 0 fully saturated rings. The predicted octanol–water partition coefficient (Wildman–Crippen LogP) is 1.78. The first-order chi connectivity index (χ1) is 7.22. The number of alkyl halides is 1. The van der Waals surface area contributed by atoms with Gasteiger partial charge in [0, 0.05) is 30.3 Å². The third-order valence-electron chi connectivity index (χ3n) is 2.65. The maximum atomic E-state index is 12.0. The van der Waals surface area contributed by atoms with Crippen molar-refractivity contribution in [1.29, 1.82) is 0 Å². The molecule has 0 saturated carbocycles. The van der Waals surface area contributed by atoms with Gasteiger partial charge in [0.25, 0.3) is 5.91 Å². The van der Waals surface area contributed by atoms with Crippen molar-refractivity contribution in [2.45, 2.75) is 13.3 Å². The highest BCUT2D eigenvalue weighted by Gasteiger charge is 2.23. The Hall–Kier alpha value is -0.900. The summed E-state index contributed by atoms with van der Waals surface area (Å²) in [5.41, 5.74) is 2.89. The van der Waals surface area contributed by atoms with E-state index in [4.69, 9.17) is 0 Å². The molecular weight excluding hydrogens is 256 g/mol. The SMILES string of the molecule is Cc1cc2c(cn1)C(=O)N(CCBr)CC2. The summed E-state index contributed by atoms with van der Waals surface area (Å²) in [5.74, 6) is 0.114. The van der Waals surface area contributed by atoms with E-state index in [0.717, 1.165) is 41.7 Å². The molecular formula is C11H13BrN2O. The van der Waals surface area contributed by atoms with E-state index in [1.165, 1.54) is 0 Å². The fourth-order valence-electron chi connectivity index (χ4n) is 1.86. The van der Waals surface area contributed by atoms with Gasteiger partial charge in [0.1, 0.15) is 0 Å². The van der Waals surface area contributed by atoms with Gasteiger partial charge in [0.2, 0.25) is 0 Å². The molecule has 1 aromatic rings. The fraction of sp³-hybridized carbons (Fsp3) is 0.455. The largest absolute Gasteiger partial charge is 0.337 e. The van der Waals surface area contributed by atoms with Crippen molar-refractivity contribution in [3.8, 4) is 0 Å². The zero-order valence-electron chi connectivity index (χ0n) is 8.66. The van der Waals surface area contributed by atoms with Crippen molar-refractivity contribution in [1.82, 2.24) is 9.88 Å². The lowest BCUT2D eigenvalue weighted by atomic mass is 10.0. The number of amides is 1. The molecule has 1 aliphatic rings. The number of hydrogen-bond acceptors (Lipinski definition) is 2. The molecule has 1 aromatic heterocycles. The van der Waals surface area contributed by atoms with Gasteiger partial charge in [-0.2, -0.15) is 0 Å². The van der Waals surface area contributed by atoms with Gasteiger partial charge in [-0.05, 0) is 25.0 Å². The van der Waals surface area contributed by atoms with Crippen LogP contribution in [0.2, 0.25) is 0 Å². The minimum absolute atomic E-state index is 0.114. The Kier molecular flexibility index (Phi) is 3.05. The smallest absolute Gasteiger partial charge is 0.255 e. The number of carbonyl (C=O) groups is 1. The molecule has 15 heavy (non-hydrogen) atoms. The third-order valence-corrected chi connectivity index (χ3v) is 3.00. The molecule has 0 bridgehead atoms. The van der Waals surface area contributed by atoms with E-state index in [-0.39, 0.29) is 5.91 Å². The summed E-state index contributed by atoms with van der Waals surface area (Å²) in [6, 6.07) is 2.01. The van der Waals surface area contributed by atoms with Gasteiger partial charge in [-0.25, -0.2) is 0 Å². The number of pyridine rings is 1. The van der Waals surface area contributed by atoms with E-state index < -0.39 is 0 Å². The Morgan fingerprint density at radius 2 is 2.40 bits per heavy atom. The lowest BCUT2D eigenvalue weighted by molar-refractivity contribution is 0.0750. The van der Waals surface area contributed by atoms with E-state index in [0.29, 0.717) is 0 Å². The zero-order valence-corrected chi connectivity index (χ0v) is 10.2. The van der Waals surface area contributed by atoms with E-state index >= 15 is 0 Å².